The molecule has 6 heteroatoms. The second kappa shape index (κ2) is 9.79. The molecule has 31 heavy (non-hydrogen) atoms. The van der Waals surface area contributed by atoms with E-state index in [-0.39, 0.29) is 17.8 Å². The first-order valence-corrected chi connectivity index (χ1v) is 11.1. The van der Waals surface area contributed by atoms with Crippen LogP contribution in [0.2, 0.25) is 0 Å². The van der Waals surface area contributed by atoms with Crippen LogP contribution in [0.15, 0.2) is 48.5 Å². The fourth-order valence-corrected chi connectivity index (χ4v) is 4.66. The summed E-state index contributed by atoms with van der Waals surface area (Å²) in [5, 5.41) is 3.15. The predicted octanol–water partition coefficient (Wildman–Crippen LogP) is 4.01. The summed E-state index contributed by atoms with van der Waals surface area (Å²) in [7, 11) is 0. The van der Waals surface area contributed by atoms with Crippen LogP contribution in [0.4, 0.5) is 4.39 Å². The summed E-state index contributed by atoms with van der Waals surface area (Å²) in [5.74, 6) is 0.583. The summed E-state index contributed by atoms with van der Waals surface area (Å²) in [6.45, 7) is 5.41. The third-order valence-electron chi connectivity index (χ3n) is 6.34. The number of piperidine rings is 1. The number of likely N-dealkylation sites (tertiary alicyclic amines) is 1. The second-order valence-corrected chi connectivity index (χ2v) is 8.60. The molecule has 2 fully saturated rings. The van der Waals surface area contributed by atoms with E-state index in [4.69, 9.17) is 9.47 Å². The van der Waals surface area contributed by atoms with Crippen LogP contribution in [-0.4, -0.2) is 43.2 Å². The highest BCUT2D eigenvalue weighted by Crippen LogP contribution is 2.34. The quantitative estimate of drug-likeness (QED) is 0.727. The van der Waals surface area contributed by atoms with Crippen molar-refractivity contribution in [2.45, 2.75) is 50.8 Å². The van der Waals surface area contributed by atoms with Gasteiger partial charge in [0.15, 0.2) is 0 Å². The maximum absolute atomic E-state index is 13.4. The van der Waals surface area contributed by atoms with Crippen molar-refractivity contribution in [2.75, 3.05) is 26.3 Å². The number of nitrogens with zero attached hydrogens (tertiary/aromatic N) is 1. The standard InChI is InChI=1S/C25H31FN2O3/c1-19(29)27-25(21-8-10-22(26)11-9-21)12-14-28(15-13-25)17-20-5-2-3-7-24(20)31-18-23-6-4-16-30-23/h2-3,5,7-11,23H,4,6,12-18H2,1H3,(H,27,29). The van der Waals surface area contributed by atoms with E-state index in [9.17, 15) is 9.18 Å². The third-order valence-corrected chi connectivity index (χ3v) is 6.34. The van der Waals surface area contributed by atoms with Crippen molar-refractivity contribution in [3.8, 4) is 5.75 Å². The summed E-state index contributed by atoms with van der Waals surface area (Å²) in [6.07, 6.45) is 3.90. The third kappa shape index (κ3) is 5.43. The molecule has 0 spiro atoms. The fraction of sp³-hybridized carbons (Fsp3) is 0.480. The number of carbonyl (C=O) groups is 1. The Hall–Kier alpha value is -2.44. The zero-order valence-electron chi connectivity index (χ0n) is 18.1. The van der Waals surface area contributed by atoms with E-state index < -0.39 is 5.54 Å². The number of nitrogens with one attached hydrogen (secondary N) is 1. The maximum atomic E-state index is 13.4. The van der Waals surface area contributed by atoms with Crippen LogP contribution < -0.4 is 10.1 Å². The second-order valence-electron chi connectivity index (χ2n) is 8.60. The first-order chi connectivity index (χ1) is 15.0. The monoisotopic (exact) mass is 426 g/mol. The van der Waals surface area contributed by atoms with Crippen molar-refractivity contribution < 1.29 is 18.7 Å². The number of ether oxygens (including phenoxy) is 2. The van der Waals surface area contributed by atoms with Gasteiger partial charge >= 0.3 is 0 Å². The molecule has 0 radical (unpaired) electrons. The summed E-state index contributed by atoms with van der Waals surface area (Å²) in [6, 6.07) is 14.7. The molecule has 1 unspecified atom stereocenters. The Morgan fingerprint density at radius 3 is 2.61 bits per heavy atom. The molecular weight excluding hydrogens is 395 g/mol. The highest BCUT2D eigenvalue weighted by Gasteiger charge is 2.37. The molecule has 0 saturated carbocycles. The molecule has 2 aliphatic rings. The van der Waals surface area contributed by atoms with Gasteiger partial charge in [-0.15, -0.1) is 0 Å². The lowest BCUT2D eigenvalue weighted by Gasteiger charge is -2.42. The van der Waals surface area contributed by atoms with Gasteiger partial charge in [-0.05, 0) is 49.4 Å². The van der Waals surface area contributed by atoms with E-state index in [1.165, 1.54) is 12.1 Å². The van der Waals surface area contributed by atoms with Gasteiger partial charge in [-0.2, -0.15) is 0 Å². The number of amides is 1. The zero-order chi connectivity index (χ0) is 21.7. The van der Waals surface area contributed by atoms with Crippen LogP contribution >= 0.6 is 0 Å². The Labute approximate surface area is 183 Å². The van der Waals surface area contributed by atoms with Crippen molar-refractivity contribution >= 4 is 5.91 Å². The molecule has 166 valence electrons. The average Bonchev–Trinajstić information content (AvgIpc) is 3.28. The molecule has 2 aromatic rings. The van der Waals surface area contributed by atoms with Gasteiger partial charge in [-0.25, -0.2) is 4.39 Å². The molecule has 5 nitrogen and oxygen atoms in total. The Bertz CT molecular complexity index is 873. The molecular formula is C25H31FN2O3. The molecule has 2 saturated heterocycles. The lowest BCUT2D eigenvalue weighted by Crippen LogP contribution is -2.52. The van der Waals surface area contributed by atoms with Crippen molar-refractivity contribution in [3.63, 3.8) is 0 Å². The number of para-hydroxylation sites is 1. The number of hydrogen-bond acceptors (Lipinski definition) is 4. The molecule has 1 N–H and O–H groups in total. The maximum Gasteiger partial charge on any atom is 0.217 e. The van der Waals surface area contributed by atoms with Gasteiger partial charge in [0.05, 0.1) is 11.6 Å². The minimum Gasteiger partial charge on any atom is -0.491 e. The summed E-state index contributed by atoms with van der Waals surface area (Å²) in [5.41, 5.74) is 1.67. The Morgan fingerprint density at radius 2 is 1.94 bits per heavy atom. The number of hydrogen-bond donors (Lipinski definition) is 1. The van der Waals surface area contributed by atoms with Crippen LogP contribution in [0.5, 0.6) is 5.75 Å². The number of benzene rings is 2. The summed E-state index contributed by atoms with van der Waals surface area (Å²) in [4.78, 5) is 14.3. The van der Waals surface area contributed by atoms with E-state index >= 15 is 0 Å². The smallest absolute Gasteiger partial charge is 0.217 e. The fourth-order valence-electron chi connectivity index (χ4n) is 4.66. The first kappa shape index (κ1) is 21.8. The van der Waals surface area contributed by atoms with E-state index in [2.05, 4.69) is 16.3 Å². The lowest BCUT2D eigenvalue weighted by molar-refractivity contribution is -0.121. The molecule has 4 rings (SSSR count). The van der Waals surface area contributed by atoms with E-state index in [1.54, 1.807) is 19.1 Å². The molecule has 0 aromatic heterocycles. The largest absolute Gasteiger partial charge is 0.491 e. The van der Waals surface area contributed by atoms with Gasteiger partial charge in [0.2, 0.25) is 5.91 Å². The molecule has 0 bridgehead atoms. The Kier molecular flexibility index (Phi) is 6.88. The zero-order valence-corrected chi connectivity index (χ0v) is 18.1. The molecule has 2 aromatic carbocycles. The van der Waals surface area contributed by atoms with Crippen LogP contribution in [0.25, 0.3) is 0 Å². The predicted molar refractivity (Wildman–Crippen MR) is 117 cm³/mol. The first-order valence-electron chi connectivity index (χ1n) is 11.1. The number of halogens is 1. The van der Waals surface area contributed by atoms with Gasteiger partial charge in [-0.1, -0.05) is 30.3 Å². The van der Waals surface area contributed by atoms with Gasteiger partial charge in [0.1, 0.15) is 18.2 Å². The van der Waals surface area contributed by atoms with Crippen LogP contribution in [0.1, 0.15) is 43.7 Å². The van der Waals surface area contributed by atoms with Crippen LogP contribution in [0.3, 0.4) is 0 Å². The Morgan fingerprint density at radius 1 is 1.19 bits per heavy atom. The lowest BCUT2D eigenvalue weighted by atomic mass is 9.80. The Balaban J connectivity index is 1.41. The van der Waals surface area contributed by atoms with Crippen molar-refractivity contribution in [1.29, 1.82) is 0 Å². The van der Waals surface area contributed by atoms with Crippen LogP contribution in [-0.2, 0) is 21.6 Å². The van der Waals surface area contributed by atoms with Crippen molar-refractivity contribution in [1.82, 2.24) is 10.2 Å². The SMILES string of the molecule is CC(=O)NC1(c2ccc(F)cc2)CCN(Cc2ccccc2OCC2CCCO2)CC1. The van der Waals surface area contributed by atoms with Gasteiger partial charge in [0, 0.05) is 38.7 Å². The molecule has 0 aliphatic carbocycles. The normalized spacial score (nSPS) is 21.0. The topological polar surface area (TPSA) is 50.8 Å². The molecule has 2 aliphatic heterocycles. The molecule has 1 amide bonds. The average molecular weight is 427 g/mol. The van der Waals surface area contributed by atoms with Gasteiger partial charge in [0.25, 0.3) is 0 Å². The highest BCUT2D eigenvalue weighted by molar-refractivity contribution is 5.74. The van der Waals surface area contributed by atoms with E-state index in [0.717, 1.165) is 68.8 Å². The minimum absolute atomic E-state index is 0.0642. The molecule has 2 heterocycles. The van der Waals surface area contributed by atoms with E-state index in [0.29, 0.717) is 6.61 Å². The van der Waals surface area contributed by atoms with Crippen LogP contribution in [0, 0.1) is 5.82 Å². The van der Waals surface area contributed by atoms with Crippen molar-refractivity contribution in [2.24, 2.45) is 0 Å². The minimum atomic E-state index is -0.453. The van der Waals surface area contributed by atoms with E-state index in [1.807, 2.05) is 18.2 Å². The van der Waals surface area contributed by atoms with Gasteiger partial charge in [-0.3, -0.25) is 9.69 Å². The number of carbonyl (C=O) groups excluding carboxylic acids is 1. The van der Waals surface area contributed by atoms with Crippen molar-refractivity contribution in [3.05, 3.63) is 65.5 Å². The summed E-state index contributed by atoms with van der Waals surface area (Å²) >= 11 is 0. The summed E-state index contributed by atoms with van der Waals surface area (Å²) < 4.78 is 25.2. The van der Waals surface area contributed by atoms with Gasteiger partial charge < -0.3 is 14.8 Å². The number of rotatable bonds is 7. The highest BCUT2D eigenvalue weighted by atomic mass is 19.1. The molecule has 1 atom stereocenters.